The molecule has 0 atom stereocenters. The summed E-state index contributed by atoms with van der Waals surface area (Å²) < 4.78 is 25.5. The van der Waals surface area contributed by atoms with E-state index < -0.39 is 0 Å². The molecule has 1 amide bonds. The number of benzene rings is 2. The summed E-state index contributed by atoms with van der Waals surface area (Å²) in [7, 11) is 0. The third-order valence-electron chi connectivity index (χ3n) is 3.44. The van der Waals surface area contributed by atoms with Crippen molar-refractivity contribution in [3.05, 3.63) is 71.3 Å². The van der Waals surface area contributed by atoms with Gasteiger partial charge in [-0.15, -0.1) is 0 Å². The van der Waals surface area contributed by atoms with Crippen LogP contribution >= 0.6 is 0 Å². The average Bonchev–Trinajstić information content (AvgIpc) is 2.55. The van der Waals surface area contributed by atoms with Gasteiger partial charge in [0, 0.05) is 6.54 Å². The second kappa shape index (κ2) is 9.00. The molecule has 0 aliphatic carbocycles. The van der Waals surface area contributed by atoms with Crippen LogP contribution in [0.3, 0.4) is 0 Å². The molecule has 2 aromatic rings. The van der Waals surface area contributed by atoms with Crippen LogP contribution in [0.5, 0.6) is 0 Å². The van der Waals surface area contributed by atoms with Crippen LogP contribution in [-0.2, 0) is 17.6 Å². The van der Waals surface area contributed by atoms with Gasteiger partial charge < -0.3 is 10.6 Å². The normalized spacial score (nSPS) is 10.5. The van der Waals surface area contributed by atoms with Crippen LogP contribution in [0.2, 0.25) is 0 Å². The van der Waals surface area contributed by atoms with Crippen LogP contribution in [0.4, 0.5) is 8.78 Å². The van der Waals surface area contributed by atoms with Crippen molar-refractivity contribution in [1.82, 2.24) is 10.6 Å². The van der Waals surface area contributed by atoms with E-state index in [0.29, 0.717) is 19.5 Å². The maximum Gasteiger partial charge on any atom is 0.233 e. The highest BCUT2D eigenvalue weighted by molar-refractivity contribution is 5.77. The topological polar surface area (TPSA) is 41.1 Å². The minimum atomic E-state index is -0.261. The molecule has 0 heterocycles. The number of hydrogen-bond acceptors (Lipinski definition) is 2. The molecule has 2 N–H and O–H groups in total. The first kappa shape index (κ1) is 17.1. The van der Waals surface area contributed by atoms with Crippen molar-refractivity contribution in [2.24, 2.45) is 0 Å². The number of carbonyl (C=O) groups excluding carboxylic acids is 1. The smallest absolute Gasteiger partial charge is 0.233 e. The van der Waals surface area contributed by atoms with Gasteiger partial charge in [0.25, 0.3) is 0 Å². The maximum atomic E-state index is 12.8. The van der Waals surface area contributed by atoms with Crippen LogP contribution in [0.15, 0.2) is 48.5 Å². The first-order valence-corrected chi connectivity index (χ1v) is 7.60. The Hall–Kier alpha value is -2.27. The summed E-state index contributed by atoms with van der Waals surface area (Å²) in [5.74, 6) is -0.586. The highest BCUT2D eigenvalue weighted by Gasteiger charge is 2.01. The molecule has 0 radical (unpaired) electrons. The van der Waals surface area contributed by atoms with Crippen molar-refractivity contribution < 1.29 is 13.6 Å². The molecular weight excluding hydrogens is 298 g/mol. The van der Waals surface area contributed by atoms with Gasteiger partial charge in [0.05, 0.1) is 6.54 Å². The van der Waals surface area contributed by atoms with E-state index in [9.17, 15) is 13.6 Å². The lowest BCUT2D eigenvalue weighted by molar-refractivity contribution is -0.120. The number of amides is 1. The molecule has 0 saturated carbocycles. The fourth-order valence-corrected chi connectivity index (χ4v) is 2.15. The van der Waals surface area contributed by atoms with Crippen molar-refractivity contribution in [3.8, 4) is 0 Å². The van der Waals surface area contributed by atoms with Crippen molar-refractivity contribution in [1.29, 1.82) is 0 Å². The van der Waals surface area contributed by atoms with Crippen molar-refractivity contribution in [2.75, 3.05) is 19.6 Å². The van der Waals surface area contributed by atoms with Gasteiger partial charge in [-0.05, 0) is 54.8 Å². The van der Waals surface area contributed by atoms with E-state index in [1.54, 1.807) is 24.3 Å². The number of hydrogen-bond donors (Lipinski definition) is 2. The van der Waals surface area contributed by atoms with Crippen molar-refractivity contribution >= 4 is 5.91 Å². The Bertz CT molecular complexity index is 612. The Labute approximate surface area is 134 Å². The molecule has 0 unspecified atom stereocenters. The molecule has 5 heteroatoms. The highest BCUT2D eigenvalue weighted by Crippen LogP contribution is 2.03. The molecule has 0 aromatic heterocycles. The summed E-state index contributed by atoms with van der Waals surface area (Å²) in [4.78, 5) is 11.7. The lowest BCUT2D eigenvalue weighted by Gasteiger charge is -2.07. The molecule has 3 nitrogen and oxygen atoms in total. The van der Waals surface area contributed by atoms with Gasteiger partial charge in [0.2, 0.25) is 5.91 Å². The SMILES string of the molecule is O=C(CNCCc1ccc(F)cc1)NCCc1ccc(F)cc1. The Balaban J connectivity index is 1.56. The maximum absolute atomic E-state index is 12.8. The summed E-state index contributed by atoms with van der Waals surface area (Å²) in [5, 5.41) is 5.86. The molecule has 0 aliphatic heterocycles. The summed E-state index contributed by atoms with van der Waals surface area (Å²) in [6.45, 7) is 1.41. The fraction of sp³-hybridized carbons (Fsp3) is 0.278. The van der Waals surface area contributed by atoms with Crippen LogP contribution in [-0.4, -0.2) is 25.5 Å². The van der Waals surface area contributed by atoms with Gasteiger partial charge in [-0.2, -0.15) is 0 Å². The molecule has 0 saturated heterocycles. The number of nitrogens with one attached hydrogen (secondary N) is 2. The minimum Gasteiger partial charge on any atom is -0.355 e. The third kappa shape index (κ3) is 6.57. The molecule has 0 aliphatic rings. The number of halogens is 2. The van der Waals surface area contributed by atoms with Gasteiger partial charge in [-0.25, -0.2) is 8.78 Å². The zero-order valence-corrected chi connectivity index (χ0v) is 12.8. The van der Waals surface area contributed by atoms with Crippen molar-refractivity contribution in [3.63, 3.8) is 0 Å². The standard InChI is InChI=1S/C18H20F2N2O/c19-16-5-1-14(2-6-16)9-11-21-13-18(23)22-12-10-15-3-7-17(20)8-4-15/h1-8,21H,9-13H2,(H,22,23). The lowest BCUT2D eigenvalue weighted by Crippen LogP contribution is -2.35. The monoisotopic (exact) mass is 318 g/mol. The summed E-state index contributed by atoms with van der Waals surface area (Å²) in [5.41, 5.74) is 2.01. The van der Waals surface area contributed by atoms with Gasteiger partial charge in [0.1, 0.15) is 11.6 Å². The molecule has 0 bridgehead atoms. The Morgan fingerprint density at radius 2 is 1.26 bits per heavy atom. The third-order valence-corrected chi connectivity index (χ3v) is 3.44. The summed E-state index contributed by atoms with van der Waals surface area (Å²) in [6, 6.07) is 12.6. The van der Waals surface area contributed by atoms with Gasteiger partial charge in [-0.3, -0.25) is 4.79 Å². The minimum absolute atomic E-state index is 0.0776. The zero-order valence-electron chi connectivity index (χ0n) is 12.8. The first-order chi connectivity index (χ1) is 11.1. The molecule has 0 spiro atoms. The van der Waals surface area contributed by atoms with E-state index in [1.165, 1.54) is 24.3 Å². The van der Waals surface area contributed by atoms with Gasteiger partial charge in [0.15, 0.2) is 0 Å². The van der Waals surface area contributed by atoms with E-state index in [1.807, 2.05) is 0 Å². The highest BCUT2D eigenvalue weighted by atomic mass is 19.1. The molecular formula is C18H20F2N2O. The molecule has 2 aromatic carbocycles. The molecule has 0 fully saturated rings. The van der Waals surface area contributed by atoms with E-state index in [4.69, 9.17) is 0 Å². The predicted octanol–water partition coefficient (Wildman–Crippen LogP) is 2.46. The quantitative estimate of drug-likeness (QED) is 0.734. The van der Waals surface area contributed by atoms with Gasteiger partial charge >= 0.3 is 0 Å². The lowest BCUT2D eigenvalue weighted by atomic mass is 10.1. The van der Waals surface area contributed by atoms with E-state index in [-0.39, 0.29) is 24.1 Å². The largest absolute Gasteiger partial charge is 0.355 e. The van der Waals surface area contributed by atoms with Gasteiger partial charge in [-0.1, -0.05) is 24.3 Å². The predicted molar refractivity (Wildman–Crippen MR) is 86.1 cm³/mol. The first-order valence-electron chi connectivity index (χ1n) is 7.60. The number of rotatable bonds is 8. The van der Waals surface area contributed by atoms with E-state index in [2.05, 4.69) is 10.6 Å². The fourth-order valence-electron chi connectivity index (χ4n) is 2.15. The summed E-state index contributed by atoms with van der Waals surface area (Å²) >= 11 is 0. The second-order valence-electron chi connectivity index (χ2n) is 5.28. The van der Waals surface area contributed by atoms with Crippen molar-refractivity contribution in [2.45, 2.75) is 12.8 Å². The Morgan fingerprint density at radius 1 is 0.783 bits per heavy atom. The van der Waals surface area contributed by atoms with Crippen LogP contribution in [0.25, 0.3) is 0 Å². The van der Waals surface area contributed by atoms with Crippen LogP contribution < -0.4 is 10.6 Å². The molecule has 122 valence electrons. The Kier molecular flexibility index (Phi) is 6.69. The Morgan fingerprint density at radius 3 is 1.78 bits per heavy atom. The number of carbonyl (C=O) groups is 1. The summed E-state index contributed by atoms with van der Waals surface area (Å²) in [6.07, 6.45) is 1.41. The second-order valence-corrected chi connectivity index (χ2v) is 5.28. The van der Waals surface area contributed by atoms with Crippen LogP contribution in [0, 0.1) is 11.6 Å². The van der Waals surface area contributed by atoms with Crippen LogP contribution in [0.1, 0.15) is 11.1 Å². The molecule has 2 rings (SSSR count). The average molecular weight is 318 g/mol. The zero-order chi connectivity index (χ0) is 16.5. The van der Waals surface area contributed by atoms with E-state index in [0.717, 1.165) is 17.5 Å². The van der Waals surface area contributed by atoms with E-state index >= 15 is 0 Å². The molecule has 23 heavy (non-hydrogen) atoms.